The SMILES string of the molecule is Cc1cc(C2=C[C@H]3CNC[C@H]3C2)cnc1Cl. The minimum absolute atomic E-state index is 0.615. The molecule has 0 bridgehead atoms. The van der Waals surface area contributed by atoms with Crippen LogP contribution in [0.15, 0.2) is 18.3 Å². The minimum atomic E-state index is 0.615. The highest BCUT2D eigenvalue weighted by Gasteiger charge is 2.31. The molecule has 16 heavy (non-hydrogen) atoms. The molecular weight excluding hydrogens is 220 g/mol. The summed E-state index contributed by atoms with van der Waals surface area (Å²) in [5, 5.41) is 4.05. The average molecular weight is 235 g/mol. The molecule has 84 valence electrons. The fraction of sp³-hybridized carbons (Fsp3) is 0.462. The Morgan fingerprint density at radius 2 is 2.31 bits per heavy atom. The molecule has 1 aromatic heterocycles. The molecule has 2 aliphatic rings. The second-order valence-corrected chi connectivity index (χ2v) is 5.17. The van der Waals surface area contributed by atoms with Crippen LogP contribution in [0.5, 0.6) is 0 Å². The first-order chi connectivity index (χ1) is 7.74. The normalized spacial score (nSPS) is 28.0. The van der Waals surface area contributed by atoms with Crippen LogP contribution >= 0.6 is 11.6 Å². The van der Waals surface area contributed by atoms with E-state index in [0.29, 0.717) is 5.15 Å². The van der Waals surface area contributed by atoms with Gasteiger partial charge in [0.1, 0.15) is 5.15 Å². The van der Waals surface area contributed by atoms with Crippen LogP contribution in [0.4, 0.5) is 0 Å². The first-order valence-electron chi connectivity index (χ1n) is 5.78. The summed E-state index contributed by atoms with van der Waals surface area (Å²) in [5.41, 5.74) is 3.76. The molecule has 0 radical (unpaired) electrons. The van der Waals surface area contributed by atoms with E-state index in [2.05, 4.69) is 22.4 Å². The predicted octanol–water partition coefficient (Wildman–Crippen LogP) is 2.67. The molecule has 1 aliphatic carbocycles. The number of pyridine rings is 1. The van der Waals surface area contributed by atoms with Crippen molar-refractivity contribution in [2.24, 2.45) is 11.8 Å². The molecule has 1 fully saturated rings. The van der Waals surface area contributed by atoms with Crippen LogP contribution in [0, 0.1) is 18.8 Å². The van der Waals surface area contributed by atoms with Crippen molar-refractivity contribution in [3.8, 4) is 0 Å². The highest BCUT2D eigenvalue weighted by molar-refractivity contribution is 6.30. The lowest BCUT2D eigenvalue weighted by molar-refractivity contribution is 0.536. The summed E-state index contributed by atoms with van der Waals surface area (Å²) in [7, 11) is 0. The van der Waals surface area contributed by atoms with Gasteiger partial charge in [-0.05, 0) is 54.5 Å². The van der Waals surface area contributed by atoms with Crippen molar-refractivity contribution in [1.29, 1.82) is 0 Å². The Kier molecular flexibility index (Phi) is 2.49. The van der Waals surface area contributed by atoms with Crippen LogP contribution in [0.25, 0.3) is 5.57 Å². The lowest BCUT2D eigenvalue weighted by Crippen LogP contribution is -2.09. The Balaban J connectivity index is 1.90. The Labute approximate surface area is 101 Å². The Morgan fingerprint density at radius 3 is 3.06 bits per heavy atom. The van der Waals surface area contributed by atoms with E-state index in [1.807, 2.05) is 13.1 Å². The zero-order chi connectivity index (χ0) is 11.1. The molecule has 0 aromatic carbocycles. The fourth-order valence-electron chi connectivity index (χ4n) is 2.73. The van der Waals surface area contributed by atoms with Gasteiger partial charge >= 0.3 is 0 Å². The van der Waals surface area contributed by atoms with Gasteiger partial charge in [0, 0.05) is 12.7 Å². The second kappa shape index (κ2) is 3.86. The molecule has 0 spiro atoms. The predicted molar refractivity (Wildman–Crippen MR) is 66.4 cm³/mol. The number of nitrogens with one attached hydrogen (secondary N) is 1. The molecule has 3 heteroatoms. The van der Waals surface area contributed by atoms with Crippen LogP contribution in [-0.2, 0) is 0 Å². The lowest BCUT2D eigenvalue weighted by atomic mass is 9.98. The van der Waals surface area contributed by atoms with Crippen molar-refractivity contribution in [2.75, 3.05) is 13.1 Å². The van der Waals surface area contributed by atoms with Crippen LogP contribution < -0.4 is 5.32 Å². The largest absolute Gasteiger partial charge is 0.316 e. The summed E-state index contributed by atoms with van der Waals surface area (Å²) >= 11 is 5.94. The zero-order valence-corrected chi connectivity index (χ0v) is 10.1. The number of aromatic nitrogens is 1. The quantitative estimate of drug-likeness (QED) is 0.756. The zero-order valence-electron chi connectivity index (χ0n) is 9.33. The van der Waals surface area contributed by atoms with Gasteiger partial charge in [0.15, 0.2) is 0 Å². The van der Waals surface area contributed by atoms with E-state index in [1.165, 1.54) is 17.6 Å². The van der Waals surface area contributed by atoms with Gasteiger partial charge in [0.05, 0.1) is 0 Å². The second-order valence-electron chi connectivity index (χ2n) is 4.81. The van der Waals surface area contributed by atoms with Crippen molar-refractivity contribution in [1.82, 2.24) is 10.3 Å². The number of fused-ring (bicyclic) bond motifs is 1. The molecule has 1 saturated heterocycles. The van der Waals surface area contributed by atoms with Gasteiger partial charge in [-0.3, -0.25) is 0 Å². The number of allylic oxidation sites excluding steroid dienone is 1. The van der Waals surface area contributed by atoms with E-state index in [9.17, 15) is 0 Å². The number of aryl methyl sites for hydroxylation is 1. The number of hydrogen-bond acceptors (Lipinski definition) is 2. The van der Waals surface area contributed by atoms with Crippen molar-refractivity contribution >= 4 is 17.2 Å². The van der Waals surface area contributed by atoms with Gasteiger partial charge in [-0.2, -0.15) is 0 Å². The monoisotopic (exact) mass is 234 g/mol. The maximum Gasteiger partial charge on any atom is 0.131 e. The summed E-state index contributed by atoms with van der Waals surface area (Å²) in [6.45, 7) is 4.30. The standard InChI is InChI=1S/C13H15ClN2/c1-8-2-10(7-16-13(8)14)9-3-11-5-15-6-12(11)4-9/h2-3,7,11-12,15H,4-6H2,1H3/t11-,12+/m0/s1. The van der Waals surface area contributed by atoms with Crippen LogP contribution in [0.1, 0.15) is 17.5 Å². The summed E-state index contributed by atoms with van der Waals surface area (Å²) in [4.78, 5) is 4.23. The molecule has 1 N–H and O–H groups in total. The number of nitrogens with zero attached hydrogens (tertiary/aromatic N) is 1. The Morgan fingerprint density at radius 1 is 1.44 bits per heavy atom. The third-order valence-electron chi connectivity index (χ3n) is 3.67. The molecule has 0 amide bonds. The lowest BCUT2D eigenvalue weighted by Gasteiger charge is -2.07. The molecule has 2 heterocycles. The van der Waals surface area contributed by atoms with E-state index in [-0.39, 0.29) is 0 Å². The first-order valence-corrected chi connectivity index (χ1v) is 6.16. The molecular formula is C13H15ClN2. The van der Waals surface area contributed by atoms with Gasteiger partial charge < -0.3 is 5.32 Å². The van der Waals surface area contributed by atoms with Crippen LogP contribution in [-0.4, -0.2) is 18.1 Å². The summed E-state index contributed by atoms with van der Waals surface area (Å²) in [6.07, 6.45) is 5.49. The van der Waals surface area contributed by atoms with Crippen molar-refractivity contribution in [3.05, 3.63) is 34.6 Å². The van der Waals surface area contributed by atoms with Crippen molar-refractivity contribution < 1.29 is 0 Å². The highest BCUT2D eigenvalue weighted by atomic mass is 35.5. The highest BCUT2D eigenvalue weighted by Crippen LogP contribution is 2.38. The Hall–Kier alpha value is -0.860. The van der Waals surface area contributed by atoms with E-state index in [4.69, 9.17) is 11.6 Å². The smallest absolute Gasteiger partial charge is 0.131 e. The van der Waals surface area contributed by atoms with E-state index >= 15 is 0 Å². The third kappa shape index (κ3) is 1.66. The van der Waals surface area contributed by atoms with Crippen molar-refractivity contribution in [3.63, 3.8) is 0 Å². The summed E-state index contributed by atoms with van der Waals surface area (Å²) in [6, 6.07) is 2.15. The van der Waals surface area contributed by atoms with Gasteiger partial charge in [0.2, 0.25) is 0 Å². The molecule has 0 saturated carbocycles. The molecule has 0 unspecified atom stereocenters. The third-order valence-corrected chi connectivity index (χ3v) is 4.07. The minimum Gasteiger partial charge on any atom is -0.316 e. The summed E-state index contributed by atoms with van der Waals surface area (Å²) in [5.74, 6) is 1.52. The molecule has 3 rings (SSSR count). The Bertz CT molecular complexity index is 453. The van der Waals surface area contributed by atoms with Crippen LogP contribution in [0.2, 0.25) is 5.15 Å². The van der Waals surface area contributed by atoms with E-state index < -0.39 is 0 Å². The number of halogens is 1. The fourth-order valence-corrected chi connectivity index (χ4v) is 2.83. The molecule has 1 aliphatic heterocycles. The molecule has 2 atom stereocenters. The van der Waals surface area contributed by atoms with Gasteiger partial charge in [0.25, 0.3) is 0 Å². The van der Waals surface area contributed by atoms with Gasteiger partial charge in [-0.15, -0.1) is 0 Å². The van der Waals surface area contributed by atoms with E-state index in [1.54, 1.807) is 0 Å². The average Bonchev–Trinajstić information content (AvgIpc) is 2.81. The number of hydrogen-bond donors (Lipinski definition) is 1. The first kappa shape index (κ1) is 10.3. The summed E-state index contributed by atoms with van der Waals surface area (Å²) < 4.78 is 0. The van der Waals surface area contributed by atoms with Gasteiger partial charge in [-0.25, -0.2) is 4.98 Å². The maximum atomic E-state index is 5.94. The van der Waals surface area contributed by atoms with Crippen LogP contribution in [0.3, 0.4) is 0 Å². The molecule has 1 aromatic rings. The van der Waals surface area contributed by atoms with E-state index in [0.717, 1.165) is 30.5 Å². The maximum absolute atomic E-state index is 5.94. The molecule has 2 nitrogen and oxygen atoms in total. The van der Waals surface area contributed by atoms with Gasteiger partial charge in [-0.1, -0.05) is 17.7 Å². The van der Waals surface area contributed by atoms with Crippen molar-refractivity contribution in [2.45, 2.75) is 13.3 Å². The topological polar surface area (TPSA) is 24.9 Å². The number of rotatable bonds is 1.